The van der Waals surface area contributed by atoms with Gasteiger partial charge in [0.1, 0.15) is 0 Å². The van der Waals surface area contributed by atoms with E-state index >= 15 is 0 Å². The van der Waals surface area contributed by atoms with Crippen LogP contribution in [0.5, 0.6) is 0 Å². The summed E-state index contributed by atoms with van der Waals surface area (Å²) in [6.07, 6.45) is 1.32. The molecule has 3 atom stereocenters. The molecule has 3 unspecified atom stereocenters. The van der Waals surface area contributed by atoms with Gasteiger partial charge in [-0.2, -0.15) is 0 Å². The summed E-state index contributed by atoms with van der Waals surface area (Å²) in [7, 11) is -1.42. The molecule has 62 valence electrons. The first-order chi connectivity index (χ1) is 4.57. The third-order valence-corrected chi connectivity index (χ3v) is 5.52. The van der Waals surface area contributed by atoms with Gasteiger partial charge in [-0.1, -0.05) is 6.92 Å². The van der Waals surface area contributed by atoms with Crippen LogP contribution in [-0.4, -0.2) is 24.3 Å². The molecule has 0 aliphatic heterocycles. The number of hydrogen-bond donors (Lipinski definition) is 1. The fourth-order valence-corrected chi connectivity index (χ4v) is 2.10. The van der Waals surface area contributed by atoms with Gasteiger partial charge in [0.25, 0.3) is 0 Å². The van der Waals surface area contributed by atoms with Gasteiger partial charge in [-0.15, -0.1) is 0 Å². The van der Waals surface area contributed by atoms with Crippen LogP contribution in [0.1, 0.15) is 20.3 Å². The zero-order valence-electron chi connectivity index (χ0n) is 7.03. The molecule has 0 heterocycles. The summed E-state index contributed by atoms with van der Waals surface area (Å²) in [6, 6.07) is 0. The zero-order valence-corrected chi connectivity index (χ0v) is 8.82. The first-order valence-electron chi connectivity index (χ1n) is 3.41. The monoisotopic (exact) mass is 182 g/mol. The third kappa shape index (κ3) is 4.57. The smallest absolute Gasteiger partial charge is 0.0779 e. The van der Waals surface area contributed by atoms with Crippen molar-refractivity contribution in [3.63, 3.8) is 0 Å². The first-order valence-corrected chi connectivity index (χ1v) is 7.56. The highest BCUT2D eigenvalue weighted by molar-refractivity contribution is 8.24. The maximum atomic E-state index is 9.13. The lowest BCUT2D eigenvalue weighted by Crippen LogP contribution is -2.00. The molecular weight excluding hydrogens is 166 g/mol. The quantitative estimate of drug-likeness (QED) is 0.677. The van der Waals surface area contributed by atoms with E-state index in [0.29, 0.717) is 6.10 Å². The van der Waals surface area contributed by atoms with Crippen LogP contribution in [0.3, 0.4) is 0 Å². The minimum atomic E-state index is -0.857. The molecule has 1 N–H and O–H groups in total. The van der Waals surface area contributed by atoms with Crippen molar-refractivity contribution in [1.29, 1.82) is 0 Å². The summed E-state index contributed by atoms with van der Waals surface area (Å²) in [5.74, 6) is 0. The van der Waals surface area contributed by atoms with Gasteiger partial charge in [0.2, 0.25) is 0 Å². The van der Waals surface area contributed by atoms with Gasteiger partial charge in [0.05, 0.1) is 21.8 Å². The highest BCUT2D eigenvalue weighted by Gasteiger charge is 2.11. The Hall–Kier alpha value is 0.780. The predicted molar refractivity (Wildman–Crippen MR) is 48.7 cm³/mol. The molecule has 4 heteroatoms. The summed E-state index contributed by atoms with van der Waals surface area (Å²) < 4.78 is 5.50. The van der Waals surface area contributed by atoms with Gasteiger partial charge in [0.15, 0.2) is 0 Å². The minimum Gasteiger partial charge on any atom is -0.367 e. The fourth-order valence-electron chi connectivity index (χ4n) is 0.403. The summed E-state index contributed by atoms with van der Waals surface area (Å²) in [6.45, 7) is 7.94. The normalized spacial score (nSPS) is 20.1. The van der Waals surface area contributed by atoms with Gasteiger partial charge in [-0.3, -0.25) is 0 Å². The maximum Gasteiger partial charge on any atom is 0.0779 e. The van der Waals surface area contributed by atoms with Gasteiger partial charge in [0, 0.05) is 0 Å². The molecule has 10 heavy (non-hydrogen) atoms. The Labute approximate surface area is 65.5 Å². The van der Waals surface area contributed by atoms with Crippen LogP contribution in [0.2, 0.25) is 0 Å². The van der Waals surface area contributed by atoms with Gasteiger partial charge in [-0.05, 0) is 26.7 Å². The minimum absolute atomic E-state index is 0.299. The van der Waals surface area contributed by atoms with E-state index in [1.54, 1.807) is 0 Å². The largest absolute Gasteiger partial charge is 0.367 e. The average molecular weight is 182 g/mol. The average Bonchev–Trinajstić information content (AvgIpc) is 1.87. The van der Waals surface area contributed by atoms with E-state index in [-0.39, 0.29) is 0 Å². The molecule has 0 amide bonds. The molecule has 0 saturated heterocycles. The van der Waals surface area contributed by atoms with Crippen LogP contribution >= 0.6 is 15.7 Å². The highest BCUT2D eigenvalue weighted by atomic mass is 32.1. The summed E-state index contributed by atoms with van der Waals surface area (Å²) in [5, 5.41) is 0. The molecule has 0 radical (unpaired) electrons. The summed E-state index contributed by atoms with van der Waals surface area (Å²) in [5.41, 5.74) is 0. The lowest BCUT2D eigenvalue weighted by molar-refractivity contribution is 0.249. The first kappa shape index (κ1) is 10.8. The zero-order chi connectivity index (χ0) is 8.15. The van der Waals surface area contributed by atoms with Crippen molar-refractivity contribution in [2.45, 2.75) is 26.4 Å². The molecule has 2 nitrogen and oxygen atoms in total. The molecule has 0 aliphatic carbocycles. The third-order valence-electron chi connectivity index (χ3n) is 1.32. The van der Waals surface area contributed by atoms with Crippen LogP contribution < -0.4 is 0 Å². The Kier molecular flexibility index (Phi) is 5.86. The van der Waals surface area contributed by atoms with E-state index in [0.717, 1.165) is 6.42 Å². The van der Waals surface area contributed by atoms with Crippen LogP contribution in [0, 0.1) is 0 Å². The van der Waals surface area contributed by atoms with Gasteiger partial charge in [-0.25, -0.2) is 0 Å². The fraction of sp³-hybridized carbons (Fsp3) is 1.00. The van der Waals surface area contributed by atoms with Crippen molar-refractivity contribution in [1.82, 2.24) is 0 Å². The number of hydrogen-bond acceptors (Lipinski definition) is 2. The van der Waals surface area contributed by atoms with Crippen molar-refractivity contribution in [2.24, 2.45) is 0 Å². The maximum absolute atomic E-state index is 9.13. The van der Waals surface area contributed by atoms with Crippen molar-refractivity contribution >= 4 is 15.7 Å². The topological polar surface area (TPSA) is 29.5 Å². The van der Waals surface area contributed by atoms with E-state index in [1.165, 1.54) is 0 Å². The van der Waals surface area contributed by atoms with Crippen molar-refractivity contribution in [3.05, 3.63) is 0 Å². The molecule has 0 rings (SSSR count). The van der Waals surface area contributed by atoms with Gasteiger partial charge >= 0.3 is 0 Å². The van der Waals surface area contributed by atoms with Crippen molar-refractivity contribution < 1.29 is 9.42 Å². The molecule has 0 aromatic heterocycles. The summed E-state index contributed by atoms with van der Waals surface area (Å²) >= 11 is 0. The van der Waals surface area contributed by atoms with Crippen LogP contribution in [0.25, 0.3) is 0 Å². The van der Waals surface area contributed by atoms with E-state index < -0.39 is 15.7 Å². The highest BCUT2D eigenvalue weighted by Crippen LogP contribution is 2.62. The summed E-state index contributed by atoms with van der Waals surface area (Å²) in [4.78, 5) is 9.13. The molecular formula is C6H16O2P2. The second-order valence-corrected chi connectivity index (χ2v) is 7.82. The molecule has 0 aliphatic rings. The van der Waals surface area contributed by atoms with Crippen molar-refractivity contribution in [3.8, 4) is 0 Å². The van der Waals surface area contributed by atoms with Gasteiger partial charge < -0.3 is 9.42 Å². The molecule has 0 aromatic rings. The molecule has 0 spiro atoms. The van der Waals surface area contributed by atoms with E-state index in [9.17, 15) is 0 Å². The van der Waals surface area contributed by atoms with Crippen LogP contribution in [-0.2, 0) is 4.52 Å². The lowest BCUT2D eigenvalue weighted by Gasteiger charge is -2.19. The lowest BCUT2D eigenvalue weighted by atomic mass is 10.3. The second kappa shape index (κ2) is 5.43. The molecule has 0 bridgehead atoms. The number of rotatable bonds is 4. The Morgan fingerprint density at radius 1 is 1.50 bits per heavy atom. The van der Waals surface area contributed by atoms with Crippen LogP contribution in [0.15, 0.2) is 0 Å². The molecule has 0 aromatic carbocycles. The molecule has 0 saturated carbocycles. The SMILES string of the molecule is CCC(C)OP(C)P(C)O. The second-order valence-electron chi connectivity index (χ2n) is 2.28. The molecule has 0 fully saturated rings. The van der Waals surface area contributed by atoms with E-state index in [4.69, 9.17) is 9.42 Å². The van der Waals surface area contributed by atoms with Crippen LogP contribution in [0.4, 0.5) is 0 Å². The van der Waals surface area contributed by atoms with Crippen molar-refractivity contribution in [2.75, 3.05) is 13.3 Å². The Bertz CT molecular complexity index is 87.8. The van der Waals surface area contributed by atoms with E-state index in [2.05, 4.69) is 6.92 Å². The predicted octanol–water partition coefficient (Wildman–Crippen LogP) is 2.76. The Morgan fingerprint density at radius 3 is 2.30 bits per heavy atom. The Balaban J connectivity index is 3.46. The Morgan fingerprint density at radius 2 is 2.00 bits per heavy atom. The van der Waals surface area contributed by atoms with E-state index in [1.807, 2.05) is 20.3 Å². The standard InChI is InChI=1S/C6H16O2P2/c1-5-6(2)8-10(4)9(3)7/h6-7H,5H2,1-4H3.